The van der Waals surface area contributed by atoms with Gasteiger partial charge < -0.3 is 10.0 Å². The number of carbonyl (C=O) groups excluding carboxylic acids is 1. The maximum Gasteiger partial charge on any atom is 0.254 e. The number of nitrogens with zero attached hydrogens (tertiary/aromatic N) is 1. The van der Waals surface area contributed by atoms with Crippen LogP contribution in [0.3, 0.4) is 0 Å². The van der Waals surface area contributed by atoms with Crippen molar-refractivity contribution in [3.05, 3.63) is 34.9 Å². The highest BCUT2D eigenvalue weighted by molar-refractivity contribution is 5.96. The molecule has 1 aromatic rings. The lowest BCUT2D eigenvalue weighted by atomic mass is 9.91. The van der Waals surface area contributed by atoms with Crippen LogP contribution in [-0.2, 0) is 0 Å². The lowest BCUT2D eigenvalue weighted by molar-refractivity contribution is 0.0514. The lowest BCUT2D eigenvalue weighted by Gasteiger charge is -2.37. The molecule has 1 aromatic carbocycles. The van der Waals surface area contributed by atoms with E-state index in [1.165, 1.54) is 0 Å². The van der Waals surface area contributed by atoms with Gasteiger partial charge in [-0.3, -0.25) is 4.79 Å². The number of piperidine rings is 1. The molecule has 1 heterocycles. The Morgan fingerprint density at radius 3 is 2.79 bits per heavy atom. The van der Waals surface area contributed by atoms with Gasteiger partial charge >= 0.3 is 0 Å². The minimum absolute atomic E-state index is 0.130. The molecule has 1 fully saturated rings. The van der Waals surface area contributed by atoms with Gasteiger partial charge in [0.15, 0.2) is 0 Å². The molecule has 0 spiro atoms. The number of aryl methyl sites for hydroxylation is 1. The highest BCUT2D eigenvalue weighted by atomic mass is 16.3. The molecule has 3 heteroatoms. The molecule has 1 saturated heterocycles. The number of amides is 1. The molecular formula is C16H23NO2. The van der Waals surface area contributed by atoms with Gasteiger partial charge in [0.1, 0.15) is 0 Å². The second-order valence-corrected chi connectivity index (χ2v) is 5.67. The van der Waals surface area contributed by atoms with Crippen LogP contribution in [0.25, 0.3) is 0 Å². The molecule has 0 radical (unpaired) electrons. The van der Waals surface area contributed by atoms with Crippen molar-refractivity contribution in [1.29, 1.82) is 0 Å². The fraction of sp³-hybridized carbons (Fsp3) is 0.562. The Balaban J connectivity index is 2.18. The molecule has 1 N–H and O–H groups in total. The second kappa shape index (κ2) is 5.74. The molecule has 104 valence electrons. The first-order valence-corrected chi connectivity index (χ1v) is 7.02. The molecule has 2 rings (SSSR count). The van der Waals surface area contributed by atoms with E-state index in [1.54, 1.807) is 0 Å². The predicted molar refractivity (Wildman–Crippen MR) is 76.2 cm³/mol. The van der Waals surface area contributed by atoms with Crippen molar-refractivity contribution < 1.29 is 9.90 Å². The molecule has 3 nitrogen and oxygen atoms in total. The van der Waals surface area contributed by atoms with E-state index < -0.39 is 0 Å². The van der Waals surface area contributed by atoms with Crippen LogP contribution in [0.1, 0.15) is 41.3 Å². The van der Waals surface area contributed by atoms with Crippen LogP contribution in [0.2, 0.25) is 0 Å². The summed E-state index contributed by atoms with van der Waals surface area (Å²) < 4.78 is 0. The largest absolute Gasteiger partial charge is 0.396 e. The van der Waals surface area contributed by atoms with Gasteiger partial charge in [-0.1, -0.05) is 12.1 Å². The van der Waals surface area contributed by atoms with Crippen LogP contribution in [0.15, 0.2) is 18.2 Å². The molecular weight excluding hydrogens is 238 g/mol. The summed E-state index contributed by atoms with van der Waals surface area (Å²) in [6.45, 7) is 7.10. The van der Waals surface area contributed by atoms with Gasteiger partial charge in [0, 0.05) is 24.8 Å². The summed E-state index contributed by atoms with van der Waals surface area (Å²) in [5, 5.41) is 9.23. The third-order valence-electron chi connectivity index (χ3n) is 4.34. The number of rotatable bonds is 2. The van der Waals surface area contributed by atoms with Crippen LogP contribution in [0.5, 0.6) is 0 Å². The summed E-state index contributed by atoms with van der Waals surface area (Å²) in [6, 6.07) is 6.10. The molecule has 0 aliphatic carbocycles. The molecule has 19 heavy (non-hydrogen) atoms. The van der Waals surface area contributed by atoms with Crippen molar-refractivity contribution in [2.24, 2.45) is 5.92 Å². The summed E-state index contributed by atoms with van der Waals surface area (Å²) >= 11 is 0. The zero-order valence-corrected chi connectivity index (χ0v) is 12.0. The van der Waals surface area contributed by atoms with Crippen molar-refractivity contribution in [3.63, 3.8) is 0 Å². The van der Waals surface area contributed by atoms with Gasteiger partial charge in [-0.05, 0) is 56.7 Å². The van der Waals surface area contributed by atoms with Crippen molar-refractivity contribution in [2.45, 2.75) is 39.7 Å². The number of aliphatic hydroxyl groups excluding tert-OH is 1. The van der Waals surface area contributed by atoms with Gasteiger partial charge in [-0.25, -0.2) is 0 Å². The van der Waals surface area contributed by atoms with Crippen LogP contribution in [0.4, 0.5) is 0 Å². The molecule has 1 aliphatic heterocycles. The molecule has 0 saturated carbocycles. The van der Waals surface area contributed by atoms with Gasteiger partial charge in [-0.15, -0.1) is 0 Å². The Morgan fingerprint density at radius 1 is 1.42 bits per heavy atom. The summed E-state index contributed by atoms with van der Waals surface area (Å²) in [5.41, 5.74) is 3.04. The summed E-state index contributed by atoms with van der Waals surface area (Å²) in [5.74, 6) is 0.475. The molecule has 1 aliphatic rings. The van der Waals surface area contributed by atoms with Crippen LogP contribution in [0, 0.1) is 19.8 Å². The third kappa shape index (κ3) is 2.81. The van der Waals surface area contributed by atoms with E-state index in [-0.39, 0.29) is 18.6 Å². The number of carbonyl (C=O) groups is 1. The Bertz CT molecular complexity index is 470. The highest BCUT2D eigenvalue weighted by Gasteiger charge is 2.29. The highest BCUT2D eigenvalue weighted by Crippen LogP contribution is 2.25. The smallest absolute Gasteiger partial charge is 0.254 e. The normalized spacial score (nSPS) is 23.5. The van der Waals surface area contributed by atoms with Crippen LogP contribution < -0.4 is 0 Å². The van der Waals surface area contributed by atoms with Gasteiger partial charge in [0.05, 0.1) is 0 Å². The Kier molecular flexibility index (Phi) is 4.25. The number of hydrogen-bond acceptors (Lipinski definition) is 2. The van der Waals surface area contributed by atoms with Crippen LogP contribution >= 0.6 is 0 Å². The van der Waals surface area contributed by atoms with E-state index in [0.29, 0.717) is 5.92 Å². The van der Waals surface area contributed by atoms with Crippen molar-refractivity contribution >= 4 is 5.91 Å². The zero-order valence-electron chi connectivity index (χ0n) is 12.0. The zero-order chi connectivity index (χ0) is 14.0. The number of hydrogen-bond donors (Lipinski definition) is 1. The van der Waals surface area contributed by atoms with Gasteiger partial charge in [0.25, 0.3) is 5.91 Å². The molecule has 0 bridgehead atoms. The molecule has 1 amide bonds. The first-order chi connectivity index (χ1) is 9.04. The summed E-state index contributed by atoms with van der Waals surface area (Å²) in [6.07, 6.45) is 1.80. The number of benzene rings is 1. The topological polar surface area (TPSA) is 40.5 Å². The average molecular weight is 261 g/mol. The van der Waals surface area contributed by atoms with Crippen molar-refractivity contribution in [2.75, 3.05) is 13.2 Å². The fourth-order valence-electron chi connectivity index (χ4n) is 2.87. The summed E-state index contributed by atoms with van der Waals surface area (Å²) in [4.78, 5) is 14.6. The molecule has 2 atom stereocenters. The Labute approximate surface area is 115 Å². The standard InChI is InChI=1S/C16H23NO2/c1-11-5-4-6-15(13(11)3)16(19)17-8-7-14(10-18)9-12(17)2/h4-6,12,14,18H,7-10H2,1-3H3/t12-,14-/m0/s1. The minimum Gasteiger partial charge on any atom is -0.396 e. The van der Waals surface area contributed by atoms with E-state index in [1.807, 2.05) is 36.9 Å². The van der Waals surface area contributed by atoms with E-state index in [2.05, 4.69) is 6.92 Å². The average Bonchev–Trinajstić information content (AvgIpc) is 2.41. The van der Waals surface area contributed by atoms with Crippen molar-refractivity contribution in [1.82, 2.24) is 4.90 Å². The monoisotopic (exact) mass is 261 g/mol. The molecule has 0 unspecified atom stereocenters. The second-order valence-electron chi connectivity index (χ2n) is 5.67. The number of aliphatic hydroxyl groups is 1. The maximum atomic E-state index is 12.6. The minimum atomic E-state index is 0.130. The Morgan fingerprint density at radius 2 is 2.16 bits per heavy atom. The first kappa shape index (κ1) is 14.1. The van der Waals surface area contributed by atoms with Crippen molar-refractivity contribution in [3.8, 4) is 0 Å². The van der Waals surface area contributed by atoms with Gasteiger partial charge in [0.2, 0.25) is 0 Å². The summed E-state index contributed by atoms with van der Waals surface area (Å²) in [7, 11) is 0. The quantitative estimate of drug-likeness (QED) is 0.888. The van der Waals surface area contributed by atoms with E-state index in [4.69, 9.17) is 0 Å². The lowest BCUT2D eigenvalue weighted by Crippen LogP contribution is -2.45. The van der Waals surface area contributed by atoms with Gasteiger partial charge in [-0.2, -0.15) is 0 Å². The third-order valence-corrected chi connectivity index (χ3v) is 4.34. The molecule has 0 aromatic heterocycles. The predicted octanol–water partition coefficient (Wildman–Crippen LogP) is 2.54. The van der Waals surface area contributed by atoms with E-state index in [0.717, 1.165) is 36.1 Å². The maximum absolute atomic E-state index is 12.6. The Hall–Kier alpha value is -1.35. The van der Waals surface area contributed by atoms with E-state index in [9.17, 15) is 9.90 Å². The fourth-order valence-corrected chi connectivity index (χ4v) is 2.87. The number of likely N-dealkylation sites (tertiary alicyclic amines) is 1. The van der Waals surface area contributed by atoms with E-state index >= 15 is 0 Å². The van der Waals surface area contributed by atoms with Crippen LogP contribution in [-0.4, -0.2) is 35.1 Å². The first-order valence-electron chi connectivity index (χ1n) is 7.02. The SMILES string of the molecule is Cc1cccc(C(=O)N2CC[C@H](CO)C[C@@H]2C)c1C.